The minimum atomic E-state index is -0.766. The van der Waals surface area contributed by atoms with E-state index in [1.165, 1.54) is 7.11 Å². The summed E-state index contributed by atoms with van der Waals surface area (Å²) >= 11 is 0. The second-order valence-electron chi connectivity index (χ2n) is 5.26. The normalized spacial score (nSPS) is 9.96. The summed E-state index contributed by atoms with van der Waals surface area (Å²) in [6.07, 6.45) is 0. The van der Waals surface area contributed by atoms with Crippen molar-refractivity contribution in [1.29, 1.82) is 0 Å². The fourth-order valence-corrected chi connectivity index (χ4v) is 2.28. The number of methoxy groups -OCH3 is 2. The van der Waals surface area contributed by atoms with Gasteiger partial charge < -0.3 is 24.8 Å². The molecule has 0 aromatic heterocycles. The van der Waals surface area contributed by atoms with Crippen molar-refractivity contribution in [3.63, 3.8) is 0 Å². The third-order valence-corrected chi connectivity index (χ3v) is 3.54. The maximum Gasteiger partial charge on any atom is 0.313 e. The molecule has 138 valence electrons. The summed E-state index contributed by atoms with van der Waals surface area (Å²) in [7, 11) is 3.08. The number of para-hydroxylation sites is 2. The summed E-state index contributed by atoms with van der Waals surface area (Å²) < 4.78 is 15.8. The van der Waals surface area contributed by atoms with Gasteiger partial charge >= 0.3 is 11.8 Å². The molecule has 0 unspecified atom stereocenters. The van der Waals surface area contributed by atoms with Crippen LogP contribution in [-0.2, 0) is 16.1 Å². The van der Waals surface area contributed by atoms with Crippen molar-refractivity contribution >= 4 is 17.5 Å². The van der Waals surface area contributed by atoms with Gasteiger partial charge in [-0.3, -0.25) is 9.59 Å². The molecule has 26 heavy (non-hydrogen) atoms. The number of amides is 2. The van der Waals surface area contributed by atoms with Crippen LogP contribution >= 0.6 is 0 Å². The Hall–Kier alpha value is -3.22. The average Bonchev–Trinajstić information content (AvgIpc) is 2.67. The molecule has 0 saturated heterocycles. The molecule has 7 nitrogen and oxygen atoms in total. The Kier molecular flexibility index (Phi) is 6.84. The van der Waals surface area contributed by atoms with Gasteiger partial charge in [0.15, 0.2) is 11.5 Å². The van der Waals surface area contributed by atoms with Crippen LogP contribution in [0, 0.1) is 0 Å². The summed E-state index contributed by atoms with van der Waals surface area (Å²) in [5.74, 6) is 0.141. The highest BCUT2D eigenvalue weighted by molar-refractivity contribution is 6.39. The number of benzene rings is 2. The highest BCUT2D eigenvalue weighted by Gasteiger charge is 2.16. The molecule has 7 heteroatoms. The van der Waals surface area contributed by atoms with Gasteiger partial charge in [0.25, 0.3) is 0 Å². The van der Waals surface area contributed by atoms with Crippen molar-refractivity contribution in [1.82, 2.24) is 5.32 Å². The zero-order valence-corrected chi connectivity index (χ0v) is 15.0. The number of nitrogens with one attached hydrogen (secondary N) is 2. The van der Waals surface area contributed by atoms with Gasteiger partial charge in [-0.2, -0.15) is 0 Å². The van der Waals surface area contributed by atoms with E-state index in [1.807, 2.05) is 6.92 Å². The van der Waals surface area contributed by atoms with E-state index >= 15 is 0 Å². The molecule has 2 amide bonds. The summed E-state index contributed by atoms with van der Waals surface area (Å²) in [5.41, 5.74) is 1.22. The SMILES string of the molecule is CCOc1ccccc1NC(=O)C(=O)NCc1ccc(OC)c(OC)c1. The van der Waals surface area contributed by atoms with E-state index in [-0.39, 0.29) is 6.54 Å². The predicted octanol–water partition coefficient (Wildman–Crippen LogP) is 2.36. The number of rotatable bonds is 7. The lowest BCUT2D eigenvalue weighted by Gasteiger charge is -2.12. The smallest absolute Gasteiger partial charge is 0.313 e. The van der Waals surface area contributed by atoms with Crippen LogP contribution in [0.1, 0.15) is 12.5 Å². The van der Waals surface area contributed by atoms with Crippen LogP contribution in [0.5, 0.6) is 17.2 Å². The Morgan fingerprint density at radius 1 is 0.923 bits per heavy atom. The minimum Gasteiger partial charge on any atom is -0.493 e. The molecule has 2 N–H and O–H groups in total. The van der Waals surface area contributed by atoms with E-state index in [4.69, 9.17) is 14.2 Å². The Morgan fingerprint density at radius 3 is 2.35 bits per heavy atom. The Labute approximate surface area is 152 Å². The van der Waals surface area contributed by atoms with E-state index in [1.54, 1.807) is 49.6 Å². The van der Waals surface area contributed by atoms with Crippen molar-refractivity contribution in [3.8, 4) is 17.2 Å². The van der Waals surface area contributed by atoms with Crippen molar-refractivity contribution < 1.29 is 23.8 Å². The molecule has 0 aliphatic rings. The second kappa shape index (κ2) is 9.31. The summed E-state index contributed by atoms with van der Waals surface area (Å²) in [4.78, 5) is 24.1. The number of hydrogen-bond acceptors (Lipinski definition) is 5. The first kappa shape index (κ1) is 19.1. The molecule has 2 aromatic rings. The number of ether oxygens (including phenoxy) is 3. The van der Waals surface area contributed by atoms with Crippen LogP contribution in [0.15, 0.2) is 42.5 Å². The second-order valence-corrected chi connectivity index (χ2v) is 5.26. The van der Waals surface area contributed by atoms with Gasteiger partial charge in [0.2, 0.25) is 0 Å². The van der Waals surface area contributed by atoms with Crippen molar-refractivity contribution in [2.45, 2.75) is 13.5 Å². The first-order chi connectivity index (χ1) is 12.6. The molecular weight excluding hydrogens is 336 g/mol. The molecular formula is C19H22N2O5. The van der Waals surface area contributed by atoms with Crippen LogP contribution < -0.4 is 24.8 Å². The van der Waals surface area contributed by atoms with Crippen LogP contribution in [0.2, 0.25) is 0 Å². The zero-order valence-electron chi connectivity index (χ0n) is 15.0. The largest absolute Gasteiger partial charge is 0.493 e. The van der Waals surface area contributed by atoms with Gasteiger partial charge in [0.1, 0.15) is 5.75 Å². The lowest BCUT2D eigenvalue weighted by atomic mass is 10.2. The van der Waals surface area contributed by atoms with Crippen LogP contribution in [0.4, 0.5) is 5.69 Å². The molecule has 0 aliphatic heterocycles. The molecule has 0 atom stereocenters. The molecule has 0 radical (unpaired) electrons. The number of hydrogen-bond donors (Lipinski definition) is 2. The first-order valence-electron chi connectivity index (χ1n) is 8.11. The molecule has 0 spiro atoms. The number of carbonyl (C=O) groups excluding carboxylic acids is 2. The van der Waals surface area contributed by atoms with E-state index in [0.29, 0.717) is 29.5 Å². The van der Waals surface area contributed by atoms with Gasteiger partial charge in [-0.1, -0.05) is 18.2 Å². The maximum atomic E-state index is 12.1. The van der Waals surface area contributed by atoms with Crippen molar-refractivity contribution in [3.05, 3.63) is 48.0 Å². The van der Waals surface area contributed by atoms with Crippen molar-refractivity contribution in [2.24, 2.45) is 0 Å². The molecule has 0 bridgehead atoms. The lowest BCUT2D eigenvalue weighted by molar-refractivity contribution is -0.136. The van der Waals surface area contributed by atoms with Crippen LogP contribution in [0.3, 0.4) is 0 Å². The molecule has 0 heterocycles. The standard InChI is InChI=1S/C19H22N2O5/c1-4-26-15-8-6-5-7-14(15)21-19(23)18(22)20-12-13-9-10-16(24-2)17(11-13)25-3/h5-11H,4,12H2,1-3H3,(H,20,22)(H,21,23). The fourth-order valence-electron chi connectivity index (χ4n) is 2.28. The Morgan fingerprint density at radius 2 is 1.65 bits per heavy atom. The summed E-state index contributed by atoms with van der Waals surface area (Å²) in [5, 5.41) is 5.12. The topological polar surface area (TPSA) is 85.9 Å². The van der Waals surface area contributed by atoms with E-state index in [2.05, 4.69) is 10.6 Å². The maximum absolute atomic E-state index is 12.1. The number of carbonyl (C=O) groups is 2. The van der Waals surface area contributed by atoms with Gasteiger partial charge in [0.05, 0.1) is 26.5 Å². The molecule has 0 fully saturated rings. The highest BCUT2D eigenvalue weighted by Crippen LogP contribution is 2.27. The van der Waals surface area contributed by atoms with Crippen LogP contribution in [-0.4, -0.2) is 32.6 Å². The minimum absolute atomic E-state index is 0.180. The van der Waals surface area contributed by atoms with Gasteiger partial charge in [-0.25, -0.2) is 0 Å². The molecule has 0 saturated carbocycles. The Balaban J connectivity index is 1.97. The Bertz CT molecular complexity index is 776. The highest BCUT2D eigenvalue weighted by atomic mass is 16.5. The van der Waals surface area contributed by atoms with E-state index < -0.39 is 11.8 Å². The predicted molar refractivity (Wildman–Crippen MR) is 97.6 cm³/mol. The molecule has 2 aromatic carbocycles. The monoisotopic (exact) mass is 358 g/mol. The zero-order chi connectivity index (χ0) is 18.9. The first-order valence-corrected chi connectivity index (χ1v) is 8.11. The van der Waals surface area contributed by atoms with E-state index in [9.17, 15) is 9.59 Å². The lowest BCUT2D eigenvalue weighted by Crippen LogP contribution is -2.35. The molecule has 0 aliphatic carbocycles. The van der Waals surface area contributed by atoms with E-state index in [0.717, 1.165) is 5.56 Å². The summed E-state index contributed by atoms with van der Waals surface area (Å²) in [6, 6.07) is 12.2. The third-order valence-electron chi connectivity index (χ3n) is 3.54. The van der Waals surface area contributed by atoms with Crippen LogP contribution in [0.25, 0.3) is 0 Å². The van der Waals surface area contributed by atoms with Gasteiger partial charge in [0, 0.05) is 6.54 Å². The quantitative estimate of drug-likeness (QED) is 0.742. The van der Waals surface area contributed by atoms with Gasteiger partial charge in [-0.15, -0.1) is 0 Å². The summed E-state index contributed by atoms with van der Waals surface area (Å²) in [6.45, 7) is 2.48. The average molecular weight is 358 g/mol. The van der Waals surface area contributed by atoms with Crippen molar-refractivity contribution in [2.75, 3.05) is 26.1 Å². The fraction of sp³-hybridized carbons (Fsp3) is 0.263. The third kappa shape index (κ3) is 4.89. The van der Waals surface area contributed by atoms with Gasteiger partial charge in [-0.05, 0) is 36.8 Å². The molecule has 2 rings (SSSR count). The number of anilines is 1.